The van der Waals surface area contributed by atoms with Crippen LogP contribution in [0.2, 0.25) is 0 Å². The van der Waals surface area contributed by atoms with Crippen molar-refractivity contribution < 1.29 is 23.7 Å². The average Bonchev–Trinajstić information content (AvgIpc) is 3.34. The van der Waals surface area contributed by atoms with E-state index < -0.39 is 12.0 Å². The Bertz CT molecular complexity index is 1990. The third kappa shape index (κ3) is 6.29. The fourth-order valence-electron chi connectivity index (χ4n) is 4.87. The van der Waals surface area contributed by atoms with E-state index in [0.717, 1.165) is 12.7 Å². The lowest BCUT2D eigenvalue weighted by atomic mass is 9.93. The van der Waals surface area contributed by atoms with E-state index in [4.69, 9.17) is 30.4 Å². The molecule has 4 aromatic rings. The van der Waals surface area contributed by atoms with E-state index in [1.807, 2.05) is 48.5 Å². The Kier molecular flexibility index (Phi) is 10.1. The zero-order chi connectivity index (χ0) is 31.4. The highest BCUT2D eigenvalue weighted by atomic mass is 127. The fraction of sp³-hybridized carbons (Fsp3) is 0.182. The predicted octanol–water partition coefficient (Wildman–Crippen LogP) is 5.17. The van der Waals surface area contributed by atoms with Crippen LogP contribution in [-0.4, -0.2) is 38.0 Å². The van der Waals surface area contributed by atoms with Crippen LogP contribution in [0.4, 0.5) is 0 Å². The maximum Gasteiger partial charge on any atom is 0.338 e. The molecular weight excluding hydrogens is 806 g/mol. The Morgan fingerprint density at radius 2 is 1.84 bits per heavy atom. The van der Waals surface area contributed by atoms with Gasteiger partial charge in [0.25, 0.3) is 5.56 Å². The maximum atomic E-state index is 14.3. The molecule has 5 rings (SSSR count). The van der Waals surface area contributed by atoms with E-state index in [1.54, 1.807) is 32.2 Å². The van der Waals surface area contributed by atoms with Crippen molar-refractivity contribution in [3.63, 3.8) is 0 Å². The summed E-state index contributed by atoms with van der Waals surface area (Å²) >= 11 is 5.64. The molecule has 0 N–H and O–H groups in total. The van der Waals surface area contributed by atoms with Crippen molar-refractivity contribution in [3.8, 4) is 29.6 Å². The number of benzene rings is 3. The Morgan fingerprint density at radius 1 is 1.09 bits per heavy atom. The number of carbonyl (C=O) groups is 1. The van der Waals surface area contributed by atoms with E-state index in [9.17, 15) is 9.59 Å². The molecule has 2 heterocycles. The minimum absolute atomic E-state index is 0.0846. The fourth-order valence-corrected chi connectivity index (χ4v) is 7.91. The van der Waals surface area contributed by atoms with Gasteiger partial charge in [0.15, 0.2) is 16.3 Å². The molecule has 44 heavy (non-hydrogen) atoms. The number of fused-ring (bicyclic) bond motifs is 1. The van der Waals surface area contributed by atoms with Crippen LogP contribution in [0.3, 0.4) is 0 Å². The number of thiazole rings is 1. The van der Waals surface area contributed by atoms with Gasteiger partial charge in [-0.25, -0.2) is 9.79 Å². The van der Waals surface area contributed by atoms with Gasteiger partial charge in [0.2, 0.25) is 0 Å². The van der Waals surface area contributed by atoms with Gasteiger partial charge in [-0.2, -0.15) is 0 Å². The molecule has 0 radical (unpaired) electrons. The number of terminal acetylenes is 1. The van der Waals surface area contributed by atoms with Gasteiger partial charge in [-0.05, 0) is 88.0 Å². The van der Waals surface area contributed by atoms with E-state index in [-0.39, 0.29) is 24.3 Å². The van der Waals surface area contributed by atoms with E-state index >= 15 is 0 Å². The molecule has 0 amide bonds. The smallest absolute Gasteiger partial charge is 0.338 e. The highest BCUT2D eigenvalue weighted by Gasteiger charge is 2.35. The zero-order valence-electron chi connectivity index (χ0n) is 23.9. The quantitative estimate of drug-likeness (QED) is 0.132. The van der Waals surface area contributed by atoms with Crippen LogP contribution in [0.5, 0.6) is 17.2 Å². The minimum Gasteiger partial charge on any atom is -0.493 e. The number of nitrogens with zero attached hydrogens (tertiary/aromatic N) is 2. The van der Waals surface area contributed by atoms with E-state index in [0.29, 0.717) is 43.4 Å². The first-order valence-electron chi connectivity index (χ1n) is 13.4. The van der Waals surface area contributed by atoms with Crippen LogP contribution >= 0.6 is 56.5 Å². The lowest BCUT2D eigenvalue weighted by Gasteiger charge is -2.26. The van der Waals surface area contributed by atoms with Crippen LogP contribution in [0.25, 0.3) is 11.8 Å². The van der Waals surface area contributed by atoms with Crippen LogP contribution < -0.4 is 29.1 Å². The molecule has 3 aromatic carbocycles. The van der Waals surface area contributed by atoms with Crippen molar-refractivity contribution in [2.24, 2.45) is 4.99 Å². The lowest BCUT2D eigenvalue weighted by molar-refractivity contribution is -0.138. The number of aromatic nitrogens is 1. The highest BCUT2D eigenvalue weighted by molar-refractivity contribution is 14.1. The first kappa shape index (κ1) is 31.8. The molecule has 224 valence electrons. The standard InChI is InChI=1S/C33H26I2N2O6S/c1-5-14-43-30-21(15-22(34)18-23(30)35)17-26-31(38)37-29(20-12-13-24(40-3)25(16-20)41-4)27(32(39)42-6-2)28(36-33(37)44-26)19-10-8-7-9-11-19/h1,7-13,15-18,29H,6,14H2,2-4H3/b26-17-/t29-/m0/s1. The van der Waals surface area contributed by atoms with Crippen molar-refractivity contribution in [2.45, 2.75) is 13.0 Å². The van der Waals surface area contributed by atoms with Crippen molar-refractivity contribution in [1.82, 2.24) is 4.57 Å². The lowest BCUT2D eigenvalue weighted by Crippen LogP contribution is -2.40. The summed E-state index contributed by atoms with van der Waals surface area (Å²) in [5.41, 5.74) is 2.40. The van der Waals surface area contributed by atoms with Crippen molar-refractivity contribution in [1.29, 1.82) is 0 Å². The third-order valence-electron chi connectivity index (χ3n) is 6.72. The summed E-state index contributed by atoms with van der Waals surface area (Å²) in [6.07, 6.45) is 7.25. The SMILES string of the molecule is C#CCOc1c(I)cc(I)cc1/C=c1\sc2n(c1=O)[C@@H](c1ccc(OC)c(OC)c1)C(C(=O)OCC)=C(c1ccccc1)N=2. The Balaban J connectivity index is 1.85. The number of methoxy groups -OCH3 is 2. The molecule has 0 saturated heterocycles. The second kappa shape index (κ2) is 14.0. The van der Waals surface area contributed by atoms with Crippen molar-refractivity contribution in [3.05, 3.63) is 110 Å². The van der Waals surface area contributed by atoms with Gasteiger partial charge >= 0.3 is 5.97 Å². The van der Waals surface area contributed by atoms with Crippen molar-refractivity contribution in [2.75, 3.05) is 27.4 Å². The van der Waals surface area contributed by atoms with Gasteiger partial charge in [-0.15, -0.1) is 6.42 Å². The zero-order valence-corrected chi connectivity index (χ0v) is 29.1. The number of hydrogen-bond acceptors (Lipinski definition) is 8. The summed E-state index contributed by atoms with van der Waals surface area (Å²) in [6, 6.07) is 17.7. The second-order valence-electron chi connectivity index (χ2n) is 9.34. The molecule has 0 fully saturated rings. The monoisotopic (exact) mass is 832 g/mol. The van der Waals surface area contributed by atoms with Gasteiger partial charge < -0.3 is 18.9 Å². The summed E-state index contributed by atoms with van der Waals surface area (Å²) in [7, 11) is 3.08. The summed E-state index contributed by atoms with van der Waals surface area (Å²) in [5.74, 6) is 3.49. The number of hydrogen-bond donors (Lipinski definition) is 0. The van der Waals surface area contributed by atoms with Crippen LogP contribution in [0.1, 0.15) is 29.7 Å². The van der Waals surface area contributed by atoms with Crippen LogP contribution in [0, 0.1) is 19.5 Å². The number of ether oxygens (including phenoxy) is 4. The number of carbonyl (C=O) groups excluding carboxylic acids is 1. The number of esters is 1. The second-order valence-corrected chi connectivity index (χ2v) is 12.8. The average molecular weight is 832 g/mol. The molecular formula is C33H26I2N2O6S. The molecule has 0 bridgehead atoms. The Morgan fingerprint density at radius 3 is 2.52 bits per heavy atom. The molecule has 0 aliphatic carbocycles. The summed E-state index contributed by atoms with van der Waals surface area (Å²) in [6.45, 7) is 1.98. The van der Waals surface area contributed by atoms with E-state index in [2.05, 4.69) is 51.1 Å². The molecule has 8 nitrogen and oxygen atoms in total. The van der Waals surface area contributed by atoms with Gasteiger partial charge in [-0.3, -0.25) is 9.36 Å². The van der Waals surface area contributed by atoms with Crippen LogP contribution in [0.15, 0.2) is 76.0 Å². The minimum atomic E-state index is -0.865. The Hall–Kier alpha value is -3.61. The van der Waals surface area contributed by atoms with Crippen molar-refractivity contribution >= 4 is 74.3 Å². The van der Waals surface area contributed by atoms with Crippen LogP contribution in [-0.2, 0) is 9.53 Å². The molecule has 0 saturated carbocycles. The Labute approximate surface area is 285 Å². The molecule has 1 aliphatic heterocycles. The van der Waals surface area contributed by atoms with Gasteiger partial charge in [0, 0.05) is 14.7 Å². The maximum absolute atomic E-state index is 14.3. The van der Waals surface area contributed by atoms with E-state index in [1.165, 1.54) is 23.0 Å². The molecule has 0 unspecified atom stereocenters. The summed E-state index contributed by atoms with van der Waals surface area (Å²) in [5, 5.41) is 0. The predicted molar refractivity (Wildman–Crippen MR) is 187 cm³/mol. The number of rotatable bonds is 9. The summed E-state index contributed by atoms with van der Waals surface area (Å²) in [4.78, 5) is 33.4. The van der Waals surface area contributed by atoms with Gasteiger partial charge in [-0.1, -0.05) is 53.7 Å². The molecule has 1 aromatic heterocycles. The normalized spacial score (nSPS) is 14.4. The first-order chi connectivity index (χ1) is 21.3. The largest absolute Gasteiger partial charge is 0.493 e. The van der Waals surface area contributed by atoms with Gasteiger partial charge in [0.1, 0.15) is 12.4 Å². The topological polar surface area (TPSA) is 88.3 Å². The molecule has 1 atom stereocenters. The molecule has 1 aliphatic rings. The highest BCUT2D eigenvalue weighted by Crippen LogP contribution is 2.38. The number of halogens is 2. The summed E-state index contributed by atoms with van der Waals surface area (Å²) < 4.78 is 26.3. The third-order valence-corrected chi connectivity index (χ3v) is 9.13. The van der Waals surface area contributed by atoms with Gasteiger partial charge in [0.05, 0.1) is 46.2 Å². The first-order valence-corrected chi connectivity index (χ1v) is 16.3. The molecule has 0 spiro atoms. The molecule has 11 heteroatoms.